The van der Waals surface area contributed by atoms with Gasteiger partial charge in [-0.3, -0.25) is 14.4 Å². The summed E-state index contributed by atoms with van der Waals surface area (Å²) in [7, 11) is 1.64. The molecule has 0 saturated carbocycles. The van der Waals surface area contributed by atoms with E-state index in [2.05, 4.69) is 58.3 Å². The van der Waals surface area contributed by atoms with Crippen molar-refractivity contribution >= 4 is 5.91 Å². The maximum atomic E-state index is 12.3. The minimum absolute atomic E-state index is 0.0974. The number of fused-ring (bicyclic) bond motifs is 1. The fourth-order valence-corrected chi connectivity index (χ4v) is 3.64. The molecule has 1 amide bonds. The Morgan fingerprint density at radius 1 is 1.41 bits per heavy atom. The number of hydrogen-bond acceptors (Lipinski definition) is 4. The highest BCUT2D eigenvalue weighted by Crippen LogP contribution is 2.21. The normalized spacial score (nSPS) is 17.7. The summed E-state index contributed by atoms with van der Waals surface area (Å²) in [5.41, 5.74) is 2.51. The van der Waals surface area contributed by atoms with Crippen LogP contribution in [-0.2, 0) is 29.2 Å². The molecule has 2 aromatic rings. The Morgan fingerprint density at radius 3 is 3.00 bits per heavy atom. The van der Waals surface area contributed by atoms with E-state index in [0.29, 0.717) is 25.6 Å². The van der Waals surface area contributed by atoms with E-state index in [9.17, 15) is 4.79 Å². The van der Waals surface area contributed by atoms with Crippen molar-refractivity contribution in [3.05, 3.63) is 42.0 Å². The second-order valence-electron chi connectivity index (χ2n) is 7.66. The lowest BCUT2D eigenvalue weighted by molar-refractivity contribution is -0.122. The number of ether oxygens (including phenoxy) is 1. The van der Waals surface area contributed by atoms with Crippen LogP contribution in [0.5, 0.6) is 0 Å². The van der Waals surface area contributed by atoms with E-state index in [1.54, 1.807) is 7.11 Å². The first kappa shape index (κ1) is 19.6. The van der Waals surface area contributed by atoms with Crippen molar-refractivity contribution in [1.82, 2.24) is 24.6 Å². The molecule has 0 saturated heterocycles. The van der Waals surface area contributed by atoms with Crippen molar-refractivity contribution < 1.29 is 9.53 Å². The third kappa shape index (κ3) is 5.43. The van der Waals surface area contributed by atoms with Gasteiger partial charge < -0.3 is 14.6 Å². The molecule has 0 bridgehead atoms. The predicted octanol–water partition coefficient (Wildman–Crippen LogP) is 2.05. The number of nitrogens with one attached hydrogen (secondary N) is 1. The minimum Gasteiger partial charge on any atom is -0.383 e. The van der Waals surface area contributed by atoms with E-state index in [0.717, 1.165) is 26.2 Å². The quantitative estimate of drug-likeness (QED) is 0.720. The molecule has 0 aliphatic carbocycles. The highest BCUT2D eigenvalue weighted by molar-refractivity contribution is 5.76. The van der Waals surface area contributed by atoms with Crippen LogP contribution in [0.25, 0.3) is 0 Å². The first-order valence-electron chi connectivity index (χ1n) is 9.70. The average Bonchev–Trinajstić information content (AvgIpc) is 3.22. The molecule has 3 rings (SSSR count). The van der Waals surface area contributed by atoms with Crippen LogP contribution in [0, 0.1) is 5.92 Å². The molecule has 7 heteroatoms. The highest BCUT2D eigenvalue weighted by atomic mass is 16.5. The minimum atomic E-state index is 0.0974. The van der Waals surface area contributed by atoms with Crippen LogP contribution in [0.2, 0.25) is 0 Å². The van der Waals surface area contributed by atoms with Crippen LogP contribution in [-0.4, -0.2) is 52.0 Å². The summed E-state index contributed by atoms with van der Waals surface area (Å²) < 4.78 is 9.28. The predicted molar refractivity (Wildman–Crippen MR) is 104 cm³/mol. The molecule has 2 aromatic heterocycles. The van der Waals surface area contributed by atoms with Crippen LogP contribution < -0.4 is 5.32 Å². The number of carbonyl (C=O) groups excluding carboxylic acids is 1. The molecule has 1 aliphatic heterocycles. The zero-order valence-electron chi connectivity index (χ0n) is 16.6. The lowest BCUT2D eigenvalue weighted by atomic mass is 10.0. The molecule has 1 aliphatic rings. The van der Waals surface area contributed by atoms with Crippen molar-refractivity contribution in [1.29, 1.82) is 0 Å². The van der Waals surface area contributed by atoms with E-state index in [1.807, 2.05) is 10.9 Å². The van der Waals surface area contributed by atoms with E-state index in [4.69, 9.17) is 4.74 Å². The maximum absolute atomic E-state index is 12.3. The first-order valence-corrected chi connectivity index (χ1v) is 9.70. The lowest BCUT2D eigenvalue weighted by Gasteiger charge is -2.23. The zero-order chi connectivity index (χ0) is 19.2. The van der Waals surface area contributed by atoms with Crippen molar-refractivity contribution in [2.45, 2.75) is 45.9 Å². The molecule has 0 aromatic carbocycles. The van der Waals surface area contributed by atoms with Crippen LogP contribution in [0.3, 0.4) is 0 Å². The summed E-state index contributed by atoms with van der Waals surface area (Å²) in [6.45, 7) is 8.88. The molecule has 0 spiro atoms. The molecule has 0 fully saturated rings. The summed E-state index contributed by atoms with van der Waals surface area (Å²) in [5.74, 6) is 0.376. The van der Waals surface area contributed by atoms with Gasteiger partial charge in [0.05, 0.1) is 12.8 Å². The number of hydrogen-bond donors (Lipinski definition) is 1. The molecule has 0 unspecified atom stereocenters. The number of aromatic nitrogens is 3. The third-order valence-electron chi connectivity index (χ3n) is 4.97. The van der Waals surface area contributed by atoms with Gasteiger partial charge in [0.2, 0.25) is 5.91 Å². The molecule has 1 N–H and O–H groups in total. The van der Waals surface area contributed by atoms with E-state index < -0.39 is 0 Å². The second-order valence-corrected chi connectivity index (χ2v) is 7.66. The number of nitrogens with zero attached hydrogens (tertiary/aromatic N) is 4. The lowest BCUT2D eigenvalue weighted by Crippen LogP contribution is -2.33. The van der Waals surface area contributed by atoms with Crippen molar-refractivity contribution in [3.63, 3.8) is 0 Å². The molecular weight excluding hydrogens is 342 g/mol. The Labute approximate surface area is 161 Å². The van der Waals surface area contributed by atoms with Crippen LogP contribution in [0.15, 0.2) is 30.7 Å². The van der Waals surface area contributed by atoms with Gasteiger partial charge in [-0.2, -0.15) is 5.10 Å². The average molecular weight is 374 g/mol. The summed E-state index contributed by atoms with van der Waals surface area (Å²) >= 11 is 0. The zero-order valence-corrected chi connectivity index (χ0v) is 16.6. The Morgan fingerprint density at radius 2 is 2.26 bits per heavy atom. The van der Waals surface area contributed by atoms with Gasteiger partial charge in [0.25, 0.3) is 0 Å². The van der Waals surface area contributed by atoms with E-state index >= 15 is 0 Å². The fourth-order valence-electron chi connectivity index (χ4n) is 3.64. The van der Waals surface area contributed by atoms with Gasteiger partial charge in [0, 0.05) is 75.9 Å². The molecule has 148 valence electrons. The van der Waals surface area contributed by atoms with Gasteiger partial charge >= 0.3 is 0 Å². The standard InChI is InChI=1S/C20H31N5O2/c1-16(2)25-14-18(10-22-25)12-23-11-17(9-20(26)21-6-8-27-3)13-24-7-4-5-19(24)15-23/h4-5,7,10,14,16-17H,6,8-9,11-13,15H2,1-3H3,(H,21,26)/t17-/m1/s1. The molecule has 7 nitrogen and oxygen atoms in total. The van der Waals surface area contributed by atoms with Crippen LogP contribution in [0.4, 0.5) is 0 Å². The first-order chi connectivity index (χ1) is 13.0. The Balaban J connectivity index is 1.65. The molecule has 0 radical (unpaired) electrons. The summed E-state index contributed by atoms with van der Waals surface area (Å²) in [6.07, 6.45) is 6.73. The van der Waals surface area contributed by atoms with Crippen LogP contribution >= 0.6 is 0 Å². The van der Waals surface area contributed by atoms with E-state index in [1.165, 1.54) is 11.3 Å². The van der Waals surface area contributed by atoms with Crippen LogP contribution in [0.1, 0.15) is 37.6 Å². The number of carbonyl (C=O) groups is 1. The summed E-state index contributed by atoms with van der Waals surface area (Å²) in [6, 6.07) is 4.63. The molecule has 1 atom stereocenters. The number of methoxy groups -OCH3 is 1. The number of amides is 1. The third-order valence-corrected chi connectivity index (χ3v) is 4.97. The van der Waals surface area contributed by atoms with Crippen molar-refractivity contribution in [2.24, 2.45) is 5.92 Å². The second kappa shape index (κ2) is 9.19. The van der Waals surface area contributed by atoms with Gasteiger partial charge in [-0.05, 0) is 31.9 Å². The summed E-state index contributed by atoms with van der Waals surface area (Å²) in [5, 5.41) is 7.40. The van der Waals surface area contributed by atoms with Gasteiger partial charge in [-0.15, -0.1) is 0 Å². The van der Waals surface area contributed by atoms with Gasteiger partial charge in [-0.1, -0.05) is 0 Å². The fraction of sp³-hybridized carbons (Fsp3) is 0.600. The Bertz CT molecular complexity index is 736. The highest BCUT2D eigenvalue weighted by Gasteiger charge is 2.24. The van der Waals surface area contributed by atoms with Gasteiger partial charge in [-0.25, -0.2) is 0 Å². The van der Waals surface area contributed by atoms with Gasteiger partial charge in [0.15, 0.2) is 0 Å². The topological polar surface area (TPSA) is 64.3 Å². The van der Waals surface area contributed by atoms with Crippen molar-refractivity contribution in [2.75, 3.05) is 26.8 Å². The maximum Gasteiger partial charge on any atom is 0.220 e. The monoisotopic (exact) mass is 373 g/mol. The SMILES string of the molecule is COCCNC(=O)C[C@@H]1CN(Cc2cnn(C(C)C)c2)Cc2cccn2C1. The molecule has 27 heavy (non-hydrogen) atoms. The molecule has 3 heterocycles. The van der Waals surface area contributed by atoms with E-state index in [-0.39, 0.29) is 11.8 Å². The number of rotatable bonds is 8. The van der Waals surface area contributed by atoms with Gasteiger partial charge in [0.1, 0.15) is 0 Å². The van der Waals surface area contributed by atoms with Crippen molar-refractivity contribution in [3.8, 4) is 0 Å². The Kier molecular flexibility index (Phi) is 6.68. The Hall–Kier alpha value is -2.12. The molecular formula is C20H31N5O2. The largest absolute Gasteiger partial charge is 0.383 e. The summed E-state index contributed by atoms with van der Waals surface area (Å²) in [4.78, 5) is 14.7. The smallest absolute Gasteiger partial charge is 0.220 e.